The first-order valence-corrected chi connectivity index (χ1v) is 10.6. The monoisotopic (exact) mass is 407 g/mol. The summed E-state index contributed by atoms with van der Waals surface area (Å²) >= 11 is 0. The van der Waals surface area contributed by atoms with Crippen LogP contribution in [0.3, 0.4) is 0 Å². The van der Waals surface area contributed by atoms with Crippen LogP contribution >= 0.6 is 0 Å². The maximum Gasteiger partial charge on any atom is 0.407 e. The van der Waals surface area contributed by atoms with E-state index in [0.29, 0.717) is 43.1 Å². The largest absolute Gasteiger partial charge is 0.490 e. The third-order valence-corrected chi connectivity index (χ3v) is 5.57. The first-order valence-electron chi connectivity index (χ1n) is 8.70. The third kappa shape index (κ3) is 4.33. The van der Waals surface area contributed by atoms with Crippen molar-refractivity contribution in [3.05, 3.63) is 46.5 Å². The number of carboxylic acid groups (broad SMARTS) is 1. The average molecular weight is 407 g/mol. The van der Waals surface area contributed by atoms with E-state index in [0.717, 1.165) is 6.26 Å². The van der Waals surface area contributed by atoms with Gasteiger partial charge in [-0.15, -0.1) is 0 Å². The van der Waals surface area contributed by atoms with Crippen LogP contribution in [0.2, 0.25) is 0 Å². The summed E-state index contributed by atoms with van der Waals surface area (Å²) in [5.74, 6) is 0.411. The van der Waals surface area contributed by atoms with E-state index in [9.17, 15) is 18.0 Å². The van der Waals surface area contributed by atoms with E-state index in [1.165, 1.54) is 21.6 Å². The molecule has 1 fully saturated rings. The van der Waals surface area contributed by atoms with Gasteiger partial charge in [0.25, 0.3) is 5.56 Å². The molecule has 3 heterocycles. The zero-order valence-corrected chi connectivity index (χ0v) is 16.3. The van der Waals surface area contributed by atoms with E-state index in [1.54, 1.807) is 25.3 Å². The Morgan fingerprint density at radius 2 is 1.93 bits per heavy atom. The normalized spacial score (nSPS) is 15.4. The van der Waals surface area contributed by atoms with Crippen molar-refractivity contribution in [1.82, 2.24) is 14.5 Å². The number of piperidine rings is 1. The SMILES string of the molecule is Cc1nc(S(C)(=O)=O)ccc1-n1ccc(OC2CCN(C(=O)O)CC2)cc1=O. The van der Waals surface area contributed by atoms with Gasteiger partial charge in [0.1, 0.15) is 11.9 Å². The summed E-state index contributed by atoms with van der Waals surface area (Å²) in [4.78, 5) is 28.9. The van der Waals surface area contributed by atoms with E-state index in [-0.39, 0.29) is 16.7 Å². The van der Waals surface area contributed by atoms with E-state index in [2.05, 4.69) is 4.98 Å². The molecule has 1 amide bonds. The highest BCUT2D eigenvalue weighted by molar-refractivity contribution is 7.90. The molecule has 1 aliphatic heterocycles. The Balaban J connectivity index is 1.76. The molecule has 1 N–H and O–H groups in total. The van der Waals surface area contributed by atoms with Crippen molar-refractivity contribution in [2.24, 2.45) is 0 Å². The molecule has 0 aliphatic carbocycles. The van der Waals surface area contributed by atoms with E-state index >= 15 is 0 Å². The molecule has 3 rings (SSSR count). The van der Waals surface area contributed by atoms with Crippen LogP contribution in [-0.4, -0.2) is 59.5 Å². The van der Waals surface area contributed by atoms with Gasteiger partial charge in [-0.3, -0.25) is 9.36 Å². The highest BCUT2D eigenvalue weighted by Crippen LogP contribution is 2.19. The molecule has 2 aromatic heterocycles. The fourth-order valence-electron chi connectivity index (χ4n) is 3.08. The van der Waals surface area contributed by atoms with Gasteiger partial charge < -0.3 is 14.7 Å². The summed E-state index contributed by atoms with van der Waals surface area (Å²) in [5, 5.41) is 8.93. The molecule has 0 unspecified atom stereocenters. The summed E-state index contributed by atoms with van der Waals surface area (Å²) in [6.07, 6.45) is 2.66. The molecule has 10 heteroatoms. The number of carbonyl (C=O) groups is 1. The second-order valence-electron chi connectivity index (χ2n) is 6.68. The van der Waals surface area contributed by atoms with Crippen LogP contribution < -0.4 is 10.3 Å². The molecule has 0 bridgehead atoms. The standard InChI is InChI=1S/C18H21N3O6S/c1-12-15(3-4-16(19-12)28(2,25)26)21-10-7-14(11-17(21)22)27-13-5-8-20(9-6-13)18(23)24/h3-4,7,10-11,13H,5-6,8-9H2,1-2H3,(H,23,24). The molecule has 0 aromatic carbocycles. The van der Waals surface area contributed by atoms with Gasteiger partial charge in [0.15, 0.2) is 14.9 Å². The van der Waals surface area contributed by atoms with Crippen molar-refractivity contribution in [3.63, 3.8) is 0 Å². The van der Waals surface area contributed by atoms with E-state index < -0.39 is 15.9 Å². The fourth-order valence-corrected chi connectivity index (χ4v) is 3.70. The molecule has 28 heavy (non-hydrogen) atoms. The molecule has 9 nitrogen and oxygen atoms in total. The van der Waals surface area contributed by atoms with Crippen molar-refractivity contribution in [1.29, 1.82) is 0 Å². The van der Waals surface area contributed by atoms with Crippen LogP contribution in [0, 0.1) is 6.92 Å². The van der Waals surface area contributed by atoms with Crippen LogP contribution in [0.25, 0.3) is 5.69 Å². The predicted octanol–water partition coefficient (Wildman–Crippen LogP) is 1.47. The lowest BCUT2D eigenvalue weighted by atomic mass is 10.1. The zero-order valence-electron chi connectivity index (χ0n) is 15.5. The maximum absolute atomic E-state index is 12.5. The summed E-state index contributed by atoms with van der Waals surface area (Å²) in [6.45, 7) is 2.43. The quantitative estimate of drug-likeness (QED) is 0.815. The van der Waals surface area contributed by atoms with Crippen LogP contribution in [0.4, 0.5) is 4.79 Å². The van der Waals surface area contributed by atoms with Crippen molar-refractivity contribution in [2.45, 2.75) is 30.9 Å². The minimum Gasteiger partial charge on any atom is -0.490 e. The summed E-state index contributed by atoms with van der Waals surface area (Å²) in [5.41, 5.74) is 0.566. The van der Waals surface area contributed by atoms with E-state index in [1.807, 2.05) is 0 Å². The van der Waals surface area contributed by atoms with Crippen LogP contribution in [-0.2, 0) is 9.84 Å². The minimum atomic E-state index is -3.43. The number of aromatic nitrogens is 2. The molecule has 150 valence electrons. The number of ether oxygens (including phenoxy) is 1. The van der Waals surface area contributed by atoms with Crippen molar-refractivity contribution in [2.75, 3.05) is 19.3 Å². The lowest BCUT2D eigenvalue weighted by Gasteiger charge is -2.30. The molecule has 1 aliphatic rings. The molecule has 1 saturated heterocycles. The van der Waals surface area contributed by atoms with Crippen LogP contribution in [0.1, 0.15) is 18.5 Å². The van der Waals surface area contributed by atoms with Crippen molar-refractivity contribution in [3.8, 4) is 11.4 Å². The number of hydrogen-bond donors (Lipinski definition) is 1. The highest BCUT2D eigenvalue weighted by Gasteiger charge is 2.23. The van der Waals surface area contributed by atoms with Gasteiger partial charge in [-0.25, -0.2) is 18.2 Å². The first-order chi connectivity index (χ1) is 13.1. The van der Waals surface area contributed by atoms with Crippen molar-refractivity contribution < 1.29 is 23.1 Å². The number of likely N-dealkylation sites (tertiary alicyclic amines) is 1. The Labute approximate surface area is 162 Å². The molecule has 0 atom stereocenters. The zero-order chi connectivity index (χ0) is 20.5. The number of rotatable bonds is 4. The molecule has 2 aromatic rings. The summed E-state index contributed by atoms with van der Waals surface area (Å²) < 4.78 is 30.4. The first kappa shape index (κ1) is 19.9. The van der Waals surface area contributed by atoms with Crippen molar-refractivity contribution >= 4 is 15.9 Å². The van der Waals surface area contributed by atoms with Gasteiger partial charge in [-0.05, 0) is 25.1 Å². The number of nitrogens with zero attached hydrogens (tertiary/aromatic N) is 3. The van der Waals surface area contributed by atoms with Gasteiger partial charge in [0.05, 0.1) is 11.4 Å². The molecule has 0 saturated carbocycles. The topological polar surface area (TPSA) is 119 Å². The van der Waals surface area contributed by atoms with Gasteiger partial charge in [0, 0.05) is 44.5 Å². The average Bonchev–Trinajstić information content (AvgIpc) is 2.62. The number of amides is 1. The Bertz CT molecular complexity index is 1060. The fraction of sp³-hybridized carbons (Fsp3) is 0.389. The number of pyridine rings is 2. The minimum absolute atomic E-state index is 0.0468. The lowest BCUT2D eigenvalue weighted by molar-refractivity contribution is 0.0893. The summed E-state index contributed by atoms with van der Waals surface area (Å²) in [6, 6.07) is 5.91. The second kappa shape index (κ2) is 7.63. The second-order valence-corrected chi connectivity index (χ2v) is 8.65. The lowest BCUT2D eigenvalue weighted by Crippen LogP contribution is -2.41. The third-order valence-electron chi connectivity index (χ3n) is 4.58. The highest BCUT2D eigenvalue weighted by atomic mass is 32.2. The maximum atomic E-state index is 12.5. The Kier molecular flexibility index (Phi) is 5.41. The van der Waals surface area contributed by atoms with Gasteiger partial charge in [-0.2, -0.15) is 0 Å². The Morgan fingerprint density at radius 1 is 1.25 bits per heavy atom. The number of hydrogen-bond acceptors (Lipinski definition) is 6. The van der Waals surface area contributed by atoms with Crippen LogP contribution in [0.15, 0.2) is 40.3 Å². The van der Waals surface area contributed by atoms with Gasteiger partial charge >= 0.3 is 6.09 Å². The predicted molar refractivity (Wildman–Crippen MR) is 101 cm³/mol. The Hall–Kier alpha value is -2.88. The molecule has 0 spiro atoms. The van der Waals surface area contributed by atoms with Gasteiger partial charge in [0.2, 0.25) is 0 Å². The summed E-state index contributed by atoms with van der Waals surface area (Å²) in [7, 11) is -3.43. The smallest absolute Gasteiger partial charge is 0.407 e. The van der Waals surface area contributed by atoms with Gasteiger partial charge in [-0.1, -0.05) is 0 Å². The number of sulfone groups is 1. The molecular formula is C18H21N3O6S. The van der Waals surface area contributed by atoms with Crippen LogP contribution in [0.5, 0.6) is 5.75 Å². The molecule has 0 radical (unpaired) electrons. The Morgan fingerprint density at radius 3 is 2.46 bits per heavy atom. The molecular weight excluding hydrogens is 386 g/mol. The van der Waals surface area contributed by atoms with E-state index in [4.69, 9.17) is 9.84 Å². The number of aryl methyl sites for hydroxylation is 1.